The van der Waals surface area contributed by atoms with Crippen LogP contribution in [0.2, 0.25) is 0 Å². The Morgan fingerprint density at radius 3 is 2.42 bits per heavy atom. The Bertz CT molecular complexity index is 630. The van der Waals surface area contributed by atoms with Gasteiger partial charge in [0.1, 0.15) is 11.5 Å². The SMILES string of the molecule is COc1ccc(/C=C\C(=O)N2CCN(C3CCCCC3)CC2)c(OC)c1. The summed E-state index contributed by atoms with van der Waals surface area (Å²) >= 11 is 0. The molecule has 0 N–H and O–H groups in total. The second-order valence-corrected chi connectivity index (χ2v) is 7.09. The zero-order chi connectivity index (χ0) is 18.4. The number of hydrogen-bond acceptors (Lipinski definition) is 4. The van der Waals surface area contributed by atoms with Crippen molar-refractivity contribution >= 4 is 12.0 Å². The number of carbonyl (C=O) groups is 1. The summed E-state index contributed by atoms with van der Waals surface area (Å²) in [6, 6.07) is 6.34. The fourth-order valence-corrected chi connectivity index (χ4v) is 3.98. The third kappa shape index (κ3) is 4.58. The summed E-state index contributed by atoms with van der Waals surface area (Å²) in [6.45, 7) is 3.63. The van der Waals surface area contributed by atoms with E-state index in [4.69, 9.17) is 9.47 Å². The van der Waals surface area contributed by atoms with Crippen LogP contribution in [0.1, 0.15) is 37.7 Å². The lowest BCUT2D eigenvalue weighted by molar-refractivity contribution is -0.128. The van der Waals surface area contributed by atoms with Crippen LogP contribution in [0, 0.1) is 0 Å². The van der Waals surface area contributed by atoms with E-state index in [1.807, 2.05) is 29.2 Å². The molecule has 5 nitrogen and oxygen atoms in total. The summed E-state index contributed by atoms with van der Waals surface area (Å²) in [6.07, 6.45) is 10.2. The zero-order valence-electron chi connectivity index (χ0n) is 15.9. The number of nitrogens with zero attached hydrogens (tertiary/aromatic N) is 2. The zero-order valence-corrected chi connectivity index (χ0v) is 15.9. The van der Waals surface area contributed by atoms with Crippen LogP contribution in [0.5, 0.6) is 11.5 Å². The standard InChI is InChI=1S/C21H30N2O3/c1-25-19-10-8-17(20(16-19)26-2)9-11-21(24)23-14-12-22(13-15-23)18-6-4-3-5-7-18/h8-11,16,18H,3-7,12-15H2,1-2H3/b11-9-. The van der Waals surface area contributed by atoms with Crippen molar-refractivity contribution in [3.05, 3.63) is 29.8 Å². The van der Waals surface area contributed by atoms with Crippen molar-refractivity contribution in [1.29, 1.82) is 0 Å². The molecule has 2 aliphatic rings. The number of piperazine rings is 1. The maximum absolute atomic E-state index is 12.5. The molecule has 5 heteroatoms. The van der Waals surface area contributed by atoms with Gasteiger partial charge in [-0.3, -0.25) is 9.69 Å². The van der Waals surface area contributed by atoms with Gasteiger partial charge < -0.3 is 14.4 Å². The molecule has 0 aromatic heterocycles. The Morgan fingerprint density at radius 2 is 1.77 bits per heavy atom. The number of methoxy groups -OCH3 is 2. The molecule has 1 saturated carbocycles. The topological polar surface area (TPSA) is 42.0 Å². The lowest BCUT2D eigenvalue weighted by Crippen LogP contribution is -2.52. The second-order valence-electron chi connectivity index (χ2n) is 7.09. The fraction of sp³-hybridized carbons (Fsp3) is 0.571. The molecule has 1 aliphatic heterocycles. The Labute approximate surface area is 156 Å². The first kappa shape index (κ1) is 18.8. The van der Waals surface area contributed by atoms with Gasteiger partial charge in [-0.05, 0) is 31.1 Å². The minimum absolute atomic E-state index is 0.0752. The van der Waals surface area contributed by atoms with Gasteiger partial charge >= 0.3 is 0 Å². The maximum Gasteiger partial charge on any atom is 0.246 e. The molecule has 142 valence electrons. The molecule has 1 aromatic rings. The number of rotatable bonds is 5. The normalized spacial score (nSPS) is 19.7. The molecule has 0 radical (unpaired) electrons. The number of hydrogen-bond donors (Lipinski definition) is 0. The first-order valence-corrected chi connectivity index (χ1v) is 9.64. The summed E-state index contributed by atoms with van der Waals surface area (Å²) < 4.78 is 10.6. The highest BCUT2D eigenvalue weighted by atomic mass is 16.5. The molecular weight excluding hydrogens is 328 g/mol. The van der Waals surface area contributed by atoms with E-state index in [1.54, 1.807) is 20.3 Å². The molecule has 1 aromatic carbocycles. The molecule has 26 heavy (non-hydrogen) atoms. The van der Waals surface area contributed by atoms with E-state index < -0.39 is 0 Å². The third-order valence-electron chi connectivity index (χ3n) is 5.56. The quantitative estimate of drug-likeness (QED) is 0.758. The van der Waals surface area contributed by atoms with E-state index in [2.05, 4.69) is 4.90 Å². The van der Waals surface area contributed by atoms with E-state index in [-0.39, 0.29) is 5.91 Å². The van der Waals surface area contributed by atoms with Gasteiger partial charge in [-0.1, -0.05) is 19.3 Å². The van der Waals surface area contributed by atoms with E-state index >= 15 is 0 Å². The van der Waals surface area contributed by atoms with Crippen molar-refractivity contribution in [2.45, 2.75) is 38.1 Å². The summed E-state index contributed by atoms with van der Waals surface area (Å²) in [7, 11) is 3.25. The highest BCUT2D eigenvalue weighted by Crippen LogP contribution is 2.26. The Kier molecular flexibility index (Phi) is 6.56. The Balaban J connectivity index is 1.55. The second kappa shape index (κ2) is 9.08. The van der Waals surface area contributed by atoms with Gasteiger partial charge in [-0.2, -0.15) is 0 Å². The molecule has 0 atom stereocenters. The number of carbonyl (C=O) groups excluding carboxylic acids is 1. The number of benzene rings is 1. The van der Waals surface area contributed by atoms with Crippen LogP contribution < -0.4 is 9.47 Å². The Morgan fingerprint density at radius 1 is 1.04 bits per heavy atom. The minimum atomic E-state index is 0.0752. The van der Waals surface area contributed by atoms with Gasteiger partial charge in [0.25, 0.3) is 0 Å². The monoisotopic (exact) mass is 358 g/mol. The molecule has 1 heterocycles. The van der Waals surface area contributed by atoms with Gasteiger partial charge in [0.05, 0.1) is 14.2 Å². The summed E-state index contributed by atoms with van der Waals surface area (Å²) in [5, 5.41) is 0. The lowest BCUT2D eigenvalue weighted by Gasteiger charge is -2.40. The van der Waals surface area contributed by atoms with Gasteiger partial charge in [0.2, 0.25) is 5.91 Å². The summed E-state index contributed by atoms with van der Waals surface area (Å²) in [5.41, 5.74) is 0.877. The van der Waals surface area contributed by atoms with Crippen molar-refractivity contribution in [2.75, 3.05) is 40.4 Å². The van der Waals surface area contributed by atoms with Crippen LogP contribution in [0.3, 0.4) is 0 Å². The van der Waals surface area contributed by atoms with Crippen LogP contribution in [-0.4, -0.2) is 62.1 Å². The van der Waals surface area contributed by atoms with E-state index in [9.17, 15) is 4.79 Å². The average Bonchev–Trinajstić information content (AvgIpc) is 2.72. The Hall–Kier alpha value is -2.01. The van der Waals surface area contributed by atoms with Gasteiger partial charge in [-0.15, -0.1) is 0 Å². The average molecular weight is 358 g/mol. The van der Waals surface area contributed by atoms with Crippen LogP contribution in [0.4, 0.5) is 0 Å². The minimum Gasteiger partial charge on any atom is -0.497 e. The first-order valence-electron chi connectivity index (χ1n) is 9.64. The van der Waals surface area contributed by atoms with E-state index in [0.717, 1.165) is 43.5 Å². The summed E-state index contributed by atoms with van der Waals surface area (Å²) in [4.78, 5) is 17.1. The molecule has 3 rings (SSSR count). The van der Waals surface area contributed by atoms with Gasteiger partial charge in [-0.25, -0.2) is 0 Å². The van der Waals surface area contributed by atoms with Crippen LogP contribution in [0.25, 0.3) is 6.08 Å². The maximum atomic E-state index is 12.5. The molecule has 1 amide bonds. The fourth-order valence-electron chi connectivity index (χ4n) is 3.98. The molecule has 2 fully saturated rings. The van der Waals surface area contributed by atoms with Crippen molar-refractivity contribution < 1.29 is 14.3 Å². The van der Waals surface area contributed by atoms with Crippen molar-refractivity contribution in [1.82, 2.24) is 9.80 Å². The molecule has 1 aliphatic carbocycles. The number of amides is 1. The lowest BCUT2D eigenvalue weighted by atomic mass is 9.94. The van der Waals surface area contributed by atoms with Crippen molar-refractivity contribution in [3.63, 3.8) is 0 Å². The molecule has 1 saturated heterocycles. The van der Waals surface area contributed by atoms with E-state index in [1.165, 1.54) is 32.1 Å². The van der Waals surface area contributed by atoms with Crippen molar-refractivity contribution in [2.24, 2.45) is 0 Å². The van der Waals surface area contributed by atoms with Gasteiger partial charge in [0, 0.05) is 49.9 Å². The molecule has 0 spiro atoms. The smallest absolute Gasteiger partial charge is 0.246 e. The van der Waals surface area contributed by atoms with Crippen molar-refractivity contribution in [3.8, 4) is 11.5 Å². The predicted octanol–water partition coefficient (Wildman–Crippen LogP) is 3.19. The molecule has 0 bridgehead atoms. The van der Waals surface area contributed by atoms with Crippen LogP contribution >= 0.6 is 0 Å². The highest BCUT2D eigenvalue weighted by Gasteiger charge is 2.26. The predicted molar refractivity (Wildman–Crippen MR) is 104 cm³/mol. The van der Waals surface area contributed by atoms with Crippen LogP contribution in [0.15, 0.2) is 24.3 Å². The van der Waals surface area contributed by atoms with E-state index in [0.29, 0.717) is 5.75 Å². The first-order chi connectivity index (χ1) is 12.7. The highest BCUT2D eigenvalue weighted by molar-refractivity contribution is 5.92. The van der Waals surface area contributed by atoms with Crippen LogP contribution in [-0.2, 0) is 4.79 Å². The largest absolute Gasteiger partial charge is 0.497 e. The third-order valence-corrected chi connectivity index (χ3v) is 5.56. The molecule has 0 unspecified atom stereocenters. The van der Waals surface area contributed by atoms with Gasteiger partial charge in [0.15, 0.2) is 0 Å². The molecular formula is C21H30N2O3. The number of ether oxygens (including phenoxy) is 2. The summed E-state index contributed by atoms with van der Waals surface area (Å²) in [5.74, 6) is 1.52.